The van der Waals surface area contributed by atoms with Crippen LogP contribution in [0.1, 0.15) is 20.8 Å². The van der Waals surface area contributed by atoms with E-state index in [0.717, 1.165) is 5.69 Å². The Hall–Kier alpha value is -0.290. The summed E-state index contributed by atoms with van der Waals surface area (Å²) in [5.74, 6) is 0. The number of aliphatic hydroxyl groups excluding tert-OH is 1. The molecule has 2 N–H and O–H groups in total. The zero-order valence-corrected chi connectivity index (χ0v) is 9.95. The Morgan fingerprint density at radius 3 is 2.64 bits per heavy atom. The Morgan fingerprint density at radius 2 is 2.21 bits per heavy atom. The highest BCUT2D eigenvalue weighted by Gasteiger charge is 2.16. The lowest BCUT2D eigenvalue weighted by Gasteiger charge is -2.24. The Bertz CT molecular complexity index is 295. The second kappa shape index (κ2) is 4.49. The minimum Gasteiger partial charge on any atom is -0.351 e. The topological polar surface area (TPSA) is 41.5 Å². The molecule has 0 amide bonds. The van der Waals surface area contributed by atoms with Crippen molar-refractivity contribution in [2.75, 3.05) is 5.32 Å². The molecular formula is C9H14ClNO2S. The van der Waals surface area contributed by atoms with Gasteiger partial charge < -0.3 is 15.2 Å². The average molecular weight is 236 g/mol. The largest absolute Gasteiger partial charge is 0.351 e. The smallest absolute Gasteiger partial charge is 0.235 e. The summed E-state index contributed by atoms with van der Waals surface area (Å²) < 4.78 is 5.93. The molecule has 3 nitrogen and oxygen atoms in total. The first-order valence-corrected chi connectivity index (χ1v) is 5.49. The van der Waals surface area contributed by atoms with Crippen molar-refractivity contribution in [1.82, 2.24) is 0 Å². The third-order valence-electron chi connectivity index (χ3n) is 1.32. The summed E-state index contributed by atoms with van der Waals surface area (Å²) in [6, 6.07) is 1.74. The normalized spacial score (nSPS) is 14.1. The van der Waals surface area contributed by atoms with Gasteiger partial charge in [0.05, 0.1) is 15.6 Å². The first-order valence-electron chi connectivity index (χ1n) is 4.23. The number of ether oxygens (including phenoxy) is 1. The monoisotopic (exact) mass is 235 g/mol. The van der Waals surface area contributed by atoms with Crippen molar-refractivity contribution in [3.05, 3.63) is 15.8 Å². The van der Waals surface area contributed by atoms with Crippen LogP contribution in [-0.2, 0) is 4.74 Å². The van der Waals surface area contributed by atoms with Gasteiger partial charge in [0, 0.05) is 5.38 Å². The minimum absolute atomic E-state index is 0.383. The van der Waals surface area contributed by atoms with Crippen molar-refractivity contribution in [2.45, 2.75) is 32.8 Å². The fourth-order valence-corrected chi connectivity index (χ4v) is 1.71. The van der Waals surface area contributed by atoms with Crippen LogP contribution in [0.4, 0.5) is 5.69 Å². The Balaban J connectivity index is 2.45. The van der Waals surface area contributed by atoms with Gasteiger partial charge in [0.15, 0.2) is 0 Å². The first kappa shape index (κ1) is 11.8. The summed E-state index contributed by atoms with van der Waals surface area (Å²) in [5.41, 5.74) is 0.378. The van der Waals surface area contributed by atoms with E-state index in [1.54, 1.807) is 6.07 Å². The van der Waals surface area contributed by atoms with E-state index in [4.69, 9.17) is 16.3 Å². The van der Waals surface area contributed by atoms with Gasteiger partial charge in [0.25, 0.3) is 0 Å². The molecule has 1 aromatic heterocycles. The van der Waals surface area contributed by atoms with Crippen LogP contribution in [0.5, 0.6) is 0 Å². The molecule has 80 valence electrons. The van der Waals surface area contributed by atoms with Crippen LogP contribution in [0.15, 0.2) is 11.4 Å². The summed E-state index contributed by atoms with van der Waals surface area (Å²) in [6.45, 7) is 5.62. The van der Waals surface area contributed by atoms with Crippen molar-refractivity contribution in [3.63, 3.8) is 0 Å². The molecule has 1 atom stereocenters. The lowest BCUT2D eigenvalue weighted by Crippen LogP contribution is -2.32. The van der Waals surface area contributed by atoms with Crippen molar-refractivity contribution < 1.29 is 9.84 Å². The predicted octanol–water partition coefficient (Wildman–Crippen LogP) is 2.90. The maximum atomic E-state index is 9.48. The van der Waals surface area contributed by atoms with E-state index in [-0.39, 0.29) is 5.60 Å². The fraction of sp³-hybridized carbons (Fsp3) is 0.556. The molecule has 0 saturated heterocycles. The molecule has 0 radical (unpaired) electrons. The summed E-state index contributed by atoms with van der Waals surface area (Å²) in [4.78, 5) is 0. The minimum atomic E-state index is -1.01. The third kappa shape index (κ3) is 4.28. The zero-order chi connectivity index (χ0) is 10.8. The van der Waals surface area contributed by atoms with Crippen LogP contribution in [0.2, 0.25) is 4.34 Å². The van der Waals surface area contributed by atoms with E-state index in [1.807, 2.05) is 26.2 Å². The van der Waals surface area contributed by atoms with Gasteiger partial charge in [-0.05, 0) is 26.8 Å². The van der Waals surface area contributed by atoms with Crippen molar-refractivity contribution in [3.8, 4) is 0 Å². The van der Waals surface area contributed by atoms with Crippen LogP contribution in [-0.4, -0.2) is 17.1 Å². The summed E-state index contributed by atoms with van der Waals surface area (Å²) in [7, 11) is 0. The molecule has 0 aliphatic heterocycles. The SMILES string of the molecule is CC(C)(C)OC(O)Nc1csc(Cl)c1. The van der Waals surface area contributed by atoms with E-state index in [9.17, 15) is 5.11 Å². The Labute approximate surface area is 92.7 Å². The van der Waals surface area contributed by atoms with E-state index in [2.05, 4.69) is 5.32 Å². The summed E-state index contributed by atoms with van der Waals surface area (Å²) in [6.07, 6.45) is -1.01. The fourth-order valence-electron chi connectivity index (χ4n) is 0.893. The standard InChI is InChI=1S/C9H14ClNO2S/c1-9(2,3)13-8(12)11-6-4-7(10)14-5-6/h4-5,8,11-12H,1-3H3. The number of hydrogen-bond acceptors (Lipinski definition) is 4. The molecule has 14 heavy (non-hydrogen) atoms. The molecule has 0 fully saturated rings. The van der Waals surface area contributed by atoms with Gasteiger partial charge in [-0.1, -0.05) is 11.6 Å². The highest BCUT2D eigenvalue weighted by molar-refractivity contribution is 7.14. The predicted molar refractivity (Wildman–Crippen MR) is 59.8 cm³/mol. The number of aliphatic hydroxyl groups is 1. The summed E-state index contributed by atoms with van der Waals surface area (Å²) in [5, 5.41) is 14.1. The zero-order valence-electron chi connectivity index (χ0n) is 8.37. The molecule has 1 aromatic rings. The van der Waals surface area contributed by atoms with Gasteiger partial charge in [0.1, 0.15) is 0 Å². The van der Waals surface area contributed by atoms with E-state index in [1.165, 1.54) is 11.3 Å². The molecular weight excluding hydrogens is 222 g/mol. The molecule has 0 aliphatic carbocycles. The molecule has 1 rings (SSSR count). The molecule has 0 aromatic carbocycles. The highest BCUT2D eigenvalue weighted by Crippen LogP contribution is 2.24. The second-order valence-corrected chi connectivity index (χ2v) is 5.41. The third-order valence-corrected chi connectivity index (χ3v) is 2.41. The Kier molecular flexibility index (Phi) is 3.78. The van der Waals surface area contributed by atoms with Crippen LogP contribution in [0.3, 0.4) is 0 Å². The maximum absolute atomic E-state index is 9.48. The molecule has 1 unspecified atom stereocenters. The van der Waals surface area contributed by atoms with Gasteiger partial charge in [0.2, 0.25) is 6.41 Å². The number of rotatable bonds is 3. The summed E-state index contributed by atoms with van der Waals surface area (Å²) >= 11 is 7.13. The Morgan fingerprint density at radius 1 is 1.57 bits per heavy atom. The quantitative estimate of drug-likeness (QED) is 0.792. The molecule has 0 aliphatic rings. The molecule has 0 bridgehead atoms. The lowest BCUT2D eigenvalue weighted by atomic mass is 10.2. The van der Waals surface area contributed by atoms with Crippen molar-refractivity contribution >= 4 is 28.6 Å². The van der Waals surface area contributed by atoms with Crippen LogP contribution >= 0.6 is 22.9 Å². The van der Waals surface area contributed by atoms with Crippen LogP contribution < -0.4 is 5.32 Å². The molecule has 1 heterocycles. The van der Waals surface area contributed by atoms with Crippen LogP contribution in [0, 0.1) is 0 Å². The number of hydrogen-bond donors (Lipinski definition) is 2. The highest BCUT2D eigenvalue weighted by atomic mass is 35.5. The number of nitrogens with one attached hydrogen (secondary N) is 1. The van der Waals surface area contributed by atoms with E-state index >= 15 is 0 Å². The van der Waals surface area contributed by atoms with Crippen molar-refractivity contribution in [1.29, 1.82) is 0 Å². The van der Waals surface area contributed by atoms with Gasteiger partial charge in [-0.3, -0.25) is 0 Å². The molecule has 5 heteroatoms. The first-order chi connectivity index (χ1) is 6.37. The number of anilines is 1. The van der Waals surface area contributed by atoms with Gasteiger partial charge in [-0.25, -0.2) is 0 Å². The van der Waals surface area contributed by atoms with E-state index < -0.39 is 6.41 Å². The van der Waals surface area contributed by atoms with Gasteiger partial charge in [-0.15, -0.1) is 11.3 Å². The average Bonchev–Trinajstić information content (AvgIpc) is 2.30. The number of thiophene rings is 1. The molecule has 0 spiro atoms. The van der Waals surface area contributed by atoms with Crippen LogP contribution in [0.25, 0.3) is 0 Å². The van der Waals surface area contributed by atoms with E-state index in [0.29, 0.717) is 4.34 Å². The van der Waals surface area contributed by atoms with Crippen molar-refractivity contribution in [2.24, 2.45) is 0 Å². The van der Waals surface area contributed by atoms with Gasteiger partial charge >= 0.3 is 0 Å². The van der Waals surface area contributed by atoms with Gasteiger partial charge in [-0.2, -0.15) is 0 Å². The number of halogens is 1. The second-order valence-electron chi connectivity index (χ2n) is 3.87. The maximum Gasteiger partial charge on any atom is 0.235 e. The lowest BCUT2D eigenvalue weighted by molar-refractivity contribution is -0.148. The molecule has 0 saturated carbocycles.